The molecule has 0 aliphatic carbocycles. The van der Waals surface area contributed by atoms with E-state index in [2.05, 4.69) is 0 Å². The Hall–Kier alpha value is -1.81. The zero-order valence-corrected chi connectivity index (χ0v) is 9.37. The van der Waals surface area contributed by atoms with Crippen LogP contribution >= 0.6 is 11.3 Å². The summed E-state index contributed by atoms with van der Waals surface area (Å²) >= 11 is 1.29. The molecule has 0 bridgehead atoms. The number of ether oxygens (including phenoxy) is 1. The second-order valence-electron chi connectivity index (χ2n) is 3.25. The minimum Gasteiger partial charge on any atom is -0.487 e. The summed E-state index contributed by atoms with van der Waals surface area (Å²) in [6.45, 7) is 0.442. The lowest BCUT2D eigenvalue weighted by atomic mass is 10.2. The number of hydrogen-bond donors (Lipinski definition) is 1. The highest BCUT2D eigenvalue weighted by Crippen LogP contribution is 2.24. The lowest BCUT2D eigenvalue weighted by Gasteiger charge is -2.05. The molecular weight excluding hydrogens is 222 g/mol. The summed E-state index contributed by atoms with van der Waals surface area (Å²) in [7, 11) is 0. The maximum absolute atomic E-state index is 11.0. The molecule has 1 aromatic carbocycles. The molecule has 2 N–H and O–H groups in total. The van der Waals surface area contributed by atoms with Crippen molar-refractivity contribution in [2.75, 3.05) is 0 Å². The number of nitrogens with two attached hydrogens (primary N) is 1. The molecule has 4 heteroatoms. The molecule has 1 amide bonds. The first kappa shape index (κ1) is 10.7. The summed E-state index contributed by atoms with van der Waals surface area (Å²) in [4.78, 5) is 11.5. The maximum atomic E-state index is 11.0. The van der Waals surface area contributed by atoms with Crippen LogP contribution in [0.2, 0.25) is 0 Å². The van der Waals surface area contributed by atoms with Gasteiger partial charge < -0.3 is 10.5 Å². The lowest BCUT2D eigenvalue weighted by Crippen LogP contribution is -2.10. The first-order chi connectivity index (χ1) is 7.77. The fourth-order valence-corrected chi connectivity index (χ4v) is 2.01. The lowest BCUT2D eigenvalue weighted by molar-refractivity contribution is 0.1000. The van der Waals surface area contributed by atoms with Gasteiger partial charge in [0, 0.05) is 0 Å². The van der Waals surface area contributed by atoms with Crippen molar-refractivity contribution in [2.24, 2.45) is 5.73 Å². The summed E-state index contributed by atoms with van der Waals surface area (Å²) in [6.07, 6.45) is 0. The van der Waals surface area contributed by atoms with Crippen LogP contribution in [0.15, 0.2) is 41.8 Å². The molecule has 82 valence electrons. The fourth-order valence-electron chi connectivity index (χ4n) is 1.33. The summed E-state index contributed by atoms with van der Waals surface area (Å²) in [5.74, 6) is 0.111. The molecule has 2 aromatic rings. The molecule has 2 rings (SSSR count). The third kappa shape index (κ3) is 2.41. The Morgan fingerprint density at radius 3 is 2.69 bits per heavy atom. The van der Waals surface area contributed by atoms with Gasteiger partial charge >= 0.3 is 0 Å². The number of carbonyl (C=O) groups is 1. The second-order valence-corrected chi connectivity index (χ2v) is 4.17. The van der Waals surface area contributed by atoms with Crippen molar-refractivity contribution in [2.45, 2.75) is 6.61 Å². The van der Waals surface area contributed by atoms with E-state index in [9.17, 15) is 4.79 Å². The van der Waals surface area contributed by atoms with Crippen LogP contribution < -0.4 is 10.5 Å². The predicted molar refractivity (Wildman–Crippen MR) is 63.6 cm³/mol. The van der Waals surface area contributed by atoms with Crippen LogP contribution in [-0.4, -0.2) is 5.91 Å². The molecule has 0 radical (unpaired) electrons. The van der Waals surface area contributed by atoms with E-state index < -0.39 is 5.91 Å². The molecule has 1 heterocycles. The molecule has 0 unspecified atom stereocenters. The van der Waals surface area contributed by atoms with Gasteiger partial charge in [0.2, 0.25) is 0 Å². The fraction of sp³-hybridized carbons (Fsp3) is 0.0833. The zero-order valence-electron chi connectivity index (χ0n) is 8.55. The molecule has 0 fully saturated rings. The molecule has 0 aliphatic rings. The number of primary amides is 1. The van der Waals surface area contributed by atoms with Gasteiger partial charge in [0.1, 0.15) is 17.2 Å². The van der Waals surface area contributed by atoms with Crippen molar-refractivity contribution >= 4 is 17.2 Å². The summed E-state index contributed by atoms with van der Waals surface area (Å²) in [6, 6.07) is 11.5. The van der Waals surface area contributed by atoms with Gasteiger partial charge in [-0.05, 0) is 17.0 Å². The molecule has 0 saturated carbocycles. The number of carbonyl (C=O) groups excluding carboxylic acids is 1. The Labute approximate surface area is 97.5 Å². The van der Waals surface area contributed by atoms with Crippen molar-refractivity contribution in [3.63, 3.8) is 0 Å². The molecule has 0 aliphatic heterocycles. The van der Waals surface area contributed by atoms with E-state index in [1.807, 2.05) is 30.3 Å². The number of hydrogen-bond acceptors (Lipinski definition) is 3. The van der Waals surface area contributed by atoms with Crippen molar-refractivity contribution < 1.29 is 9.53 Å². The minimum atomic E-state index is -0.446. The number of benzene rings is 1. The summed E-state index contributed by atoms with van der Waals surface area (Å²) in [5, 5.41) is 1.79. The topological polar surface area (TPSA) is 52.3 Å². The number of thiophene rings is 1. The van der Waals surface area contributed by atoms with E-state index in [4.69, 9.17) is 10.5 Å². The Bertz CT molecular complexity index is 479. The van der Waals surface area contributed by atoms with Gasteiger partial charge in [-0.2, -0.15) is 0 Å². The highest BCUT2D eigenvalue weighted by molar-refractivity contribution is 7.12. The van der Waals surface area contributed by atoms with Crippen LogP contribution in [0.25, 0.3) is 0 Å². The van der Waals surface area contributed by atoms with E-state index in [0.717, 1.165) is 5.56 Å². The first-order valence-corrected chi connectivity index (χ1v) is 5.69. The van der Waals surface area contributed by atoms with E-state index in [0.29, 0.717) is 17.2 Å². The highest BCUT2D eigenvalue weighted by Gasteiger charge is 2.10. The largest absolute Gasteiger partial charge is 0.487 e. The zero-order chi connectivity index (χ0) is 11.4. The summed E-state index contributed by atoms with van der Waals surface area (Å²) < 4.78 is 5.53. The molecule has 1 aromatic heterocycles. The Balaban J connectivity index is 2.05. The molecule has 0 atom stereocenters. The Morgan fingerprint density at radius 2 is 2.00 bits per heavy atom. The van der Waals surface area contributed by atoms with Gasteiger partial charge in [0.15, 0.2) is 0 Å². The van der Waals surface area contributed by atoms with Gasteiger partial charge in [0.05, 0.1) is 0 Å². The number of amides is 1. The smallest absolute Gasteiger partial charge is 0.262 e. The molecule has 16 heavy (non-hydrogen) atoms. The molecule has 3 nitrogen and oxygen atoms in total. The van der Waals surface area contributed by atoms with Gasteiger partial charge in [-0.25, -0.2) is 0 Å². The predicted octanol–water partition coefficient (Wildman–Crippen LogP) is 2.43. The van der Waals surface area contributed by atoms with Gasteiger partial charge in [-0.15, -0.1) is 11.3 Å². The van der Waals surface area contributed by atoms with Crippen LogP contribution in [0, 0.1) is 0 Å². The molecule has 0 saturated heterocycles. The van der Waals surface area contributed by atoms with Crippen molar-refractivity contribution in [1.82, 2.24) is 0 Å². The van der Waals surface area contributed by atoms with Crippen LogP contribution in [0.3, 0.4) is 0 Å². The van der Waals surface area contributed by atoms with E-state index in [-0.39, 0.29) is 0 Å². The van der Waals surface area contributed by atoms with E-state index in [1.54, 1.807) is 11.4 Å². The van der Waals surface area contributed by atoms with E-state index >= 15 is 0 Å². The molecule has 0 spiro atoms. The normalized spacial score (nSPS) is 10.0. The Morgan fingerprint density at radius 1 is 1.25 bits per heavy atom. The standard InChI is InChI=1S/C12H11NO2S/c13-12(14)11-10(6-7-16-11)15-8-9-4-2-1-3-5-9/h1-7H,8H2,(H2,13,14). The minimum absolute atomic E-state index is 0.442. The monoisotopic (exact) mass is 233 g/mol. The van der Waals surface area contributed by atoms with Crippen LogP contribution in [-0.2, 0) is 6.61 Å². The van der Waals surface area contributed by atoms with Gasteiger partial charge in [0.25, 0.3) is 5.91 Å². The SMILES string of the molecule is NC(=O)c1sccc1OCc1ccccc1. The quantitative estimate of drug-likeness (QED) is 0.881. The third-order valence-corrected chi connectivity index (χ3v) is 3.00. The van der Waals surface area contributed by atoms with Gasteiger partial charge in [-0.1, -0.05) is 30.3 Å². The van der Waals surface area contributed by atoms with Crippen LogP contribution in [0.4, 0.5) is 0 Å². The maximum Gasteiger partial charge on any atom is 0.262 e. The van der Waals surface area contributed by atoms with Crippen LogP contribution in [0.5, 0.6) is 5.75 Å². The van der Waals surface area contributed by atoms with Crippen molar-refractivity contribution in [3.8, 4) is 5.75 Å². The highest BCUT2D eigenvalue weighted by atomic mass is 32.1. The molecular formula is C12H11NO2S. The third-order valence-electron chi connectivity index (χ3n) is 2.09. The Kier molecular flexibility index (Phi) is 3.22. The number of rotatable bonds is 4. The summed E-state index contributed by atoms with van der Waals surface area (Å²) in [5.41, 5.74) is 6.28. The average molecular weight is 233 g/mol. The second kappa shape index (κ2) is 4.81. The van der Waals surface area contributed by atoms with Gasteiger partial charge in [-0.3, -0.25) is 4.79 Å². The average Bonchev–Trinajstić information content (AvgIpc) is 2.76. The van der Waals surface area contributed by atoms with Crippen molar-refractivity contribution in [1.29, 1.82) is 0 Å². The first-order valence-electron chi connectivity index (χ1n) is 4.81. The van der Waals surface area contributed by atoms with Crippen LogP contribution in [0.1, 0.15) is 15.2 Å². The van der Waals surface area contributed by atoms with Crippen molar-refractivity contribution in [3.05, 3.63) is 52.2 Å². The van der Waals surface area contributed by atoms with E-state index in [1.165, 1.54) is 11.3 Å².